The number of hydrogen-bond acceptors (Lipinski definition) is 4. The first-order valence-corrected chi connectivity index (χ1v) is 6.15. The van der Waals surface area contributed by atoms with Crippen LogP contribution in [0.25, 0.3) is 0 Å². The largest absolute Gasteiger partial charge is 0.391 e. The van der Waals surface area contributed by atoms with Gasteiger partial charge in [-0.3, -0.25) is 4.79 Å². The molecule has 5 nitrogen and oxygen atoms in total. The lowest BCUT2D eigenvalue weighted by molar-refractivity contribution is 0.340. The first-order chi connectivity index (χ1) is 8.09. The Morgan fingerprint density at radius 2 is 2.06 bits per heavy atom. The summed E-state index contributed by atoms with van der Waals surface area (Å²) in [6, 6.07) is 0.447. The van der Waals surface area contributed by atoms with Gasteiger partial charge in [0.25, 0.3) is 5.56 Å². The summed E-state index contributed by atoms with van der Waals surface area (Å²) in [4.78, 5) is 20.1. The maximum atomic E-state index is 11.4. The number of rotatable bonds is 2. The average Bonchev–Trinajstić information content (AvgIpc) is 2.33. The maximum Gasteiger partial charge on any atom is 0.276 e. The van der Waals surface area contributed by atoms with Crippen molar-refractivity contribution in [1.82, 2.24) is 9.97 Å². The summed E-state index contributed by atoms with van der Waals surface area (Å²) >= 11 is 0. The van der Waals surface area contributed by atoms with E-state index >= 15 is 0 Å². The molecule has 1 aliphatic carbocycles. The third kappa shape index (κ3) is 2.43. The molecule has 1 aliphatic rings. The molecule has 5 heteroatoms. The molecular weight excluding hydrogens is 216 g/mol. The average molecular weight is 236 g/mol. The quantitative estimate of drug-likeness (QED) is 0.813. The normalized spacial score (nSPS) is 24.6. The number of nitrogens with zero attached hydrogens (tertiary/aromatic N) is 2. The van der Waals surface area contributed by atoms with E-state index in [9.17, 15) is 4.79 Å². The fourth-order valence-electron chi connectivity index (χ4n) is 2.48. The molecular formula is C12H20N4O. The first-order valence-electron chi connectivity index (χ1n) is 6.15. The van der Waals surface area contributed by atoms with Crippen molar-refractivity contribution in [3.8, 4) is 0 Å². The maximum absolute atomic E-state index is 11.4. The van der Waals surface area contributed by atoms with Crippen LogP contribution in [-0.4, -0.2) is 23.1 Å². The number of nitrogens with two attached hydrogens (primary N) is 1. The molecule has 1 heterocycles. The minimum absolute atomic E-state index is 0.216. The van der Waals surface area contributed by atoms with Crippen molar-refractivity contribution >= 4 is 11.5 Å². The summed E-state index contributed by atoms with van der Waals surface area (Å²) in [6.45, 7) is 2.29. The van der Waals surface area contributed by atoms with Crippen LogP contribution >= 0.6 is 0 Å². The molecule has 0 atom stereocenters. The molecule has 0 aromatic carbocycles. The minimum atomic E-state index is -0.258. The second-order valence-corrected chi connectivity index (χ2v) is 4.99. The van der Waals surface area contributed by atoms with Gasteiger partial charge in [-0.2, -0.15) is 0 Å². The van der Waals surface area contributed by atoms with E-state index in [0.717, 1.165) is 18.8 Å². The summed E-state index contributed by atoms with van der Waals surface area (Å²) in [6.07, 6.45) is 6.17. The van der Waals surface area contributed by atoms with Gasteiger partial charge in [0.15, 0.2) is 5.82 Å². The Balaban J connectivity index is 2.17. The van der Waals surface area contributed by atoms with Crippen LogP contribution in [0.15, 0.2) is 11.1 Å². The number of anilines is 2. The Morgan fingerprint density at radius 1 is 1.41 bits per heavy atom. The fraction of sp³-hybridized carbons (Fsp3) is 0.667. The van der Waals surface area contributed by atoms with Crippen molar-refractivity contribution in [2.75, 3.05) is 17.7 Å². The second kappa shape index (κ2) is 4.77. The van der Waals surface area contributed by atoms with Gasteiger partial charge < -0.3 is 15.6 Å². The highest BCUT2D eigenvalue weighted by Crippen LogP contribution is 2.29. The van der Waals surface area contributed by atoms with E-state index in [1.165, 1.54) is 19.2 Å². The third-order valence-corrected chi connectivity index (χ3v) is 3.74. The van der Waals surface area contributed by atoms with Crippen molar-refractivity contribution in [3.05, 3.63) is 16.7 Å². The predicted octanol–water partition coefficient (Wildman–Crippen LogP) is 1.37. The van der Waals surface area contributed by atoms with Gasteiger partial charge in [-0.05, 0) is 31.6 Å². The predicted molar refractivity (Wildman–Crippen MR) is 69.1 cm³/mol. The van der Waals surface area contributed by atoms with Crippen LogP contribution in [-0.2, 0) is 0 Å². The Kier molecular flexibility index (Phi) is 3.36. The summed E-state index contributed by atoms with van der Waals surface area (Å²) in [5.74, 6) is 1.41. The van der Waals surface area contributed by atoms with Gasteiger partial charge in [0.1, 0.15) is 5.69 Å². The van der Waals surface area contributed by atoms with E-state index in [-0.39, 0.29) is 11.2 Å². The number of aromatic amines is 1. The van der Waals surface area contributed by atoms with E-state index in [1.54, 1.807) is 0 Å². The standard InChI is InChI=1S/C12H20N4O/c1-8-3-5-9(6-4-8)16(2)11-10(13)12(17)15-7-14-11/h7-9H,3-6,13H2,1-2H3,(H,14,15,17). The number of nitrogen functional groups attached to an aromatic ring is 1. The van der Waals surface area contributed by atoms with Crippen LogP contribution in [0.3, 0.4) is 0 Å². The van der Waals surface area contributed by atoms with Gasteiger partial charge >= 0.3 is 0 Å². The molecule has 3 N–H and O–H groups in total. The molecule has 1 saturated carbocycles. The molecule has 0 aliphatic heterocycles. The Labute approximate surface area is 101 Å². The molecule has 0 amide bonds. The number of H-pyrrole nitrogens is 1. The SMILES string of the molecule is CC1CCC(N(C)c2nc[nH]c(=O)c2N)CC1. The zero-order valence-electron chi connectivity index (χ0n) is 10.4. The third-order valence-electron chi connectivity index (χ3n) is 3.74. The molecule has 0 bridgehead atoms. The highest BCUT2D eigenvalue weighted by molar-refractivity contribution is 5.60. The topological polar surface area (TPSA) is 75.0 Å². The number of aromatic nitrogens is 2. The van der Waals surface area contributed by atoms with Gasteiger partial charge in [0, 0.05) is 13.1 Å². The smallest absolute Gasteiger partial charge is 0.276 e. The number of hydrogen-bond donors (Lipinski definition) is 2. The van der Waals surface area contributed by atoms with Crippen molar-refractivity contribution in [1.29, 1.82) is 0 Å². The highest BCUT2D eigenvalue weighted by Gasteiger charge is 2.24. The van der Waals surface area contributed by atoms with Gasteiger partial charge in [0.2, 0.25) is 0 Å². The Bertz CT molecular complexity index is 434. The van der Waals surface area contributed by atoms with Crippen LogP contribution in [0.5, 0.6) is 0 Å². The van der Waals surface area contributed by atoms with Crippen molar-refractivity contribution in [2.45, 2.75) is 38.6 Å². The zero-order chi connectivity index (χ0) is 12.4. The molecule has 2 rings (SSSR count). The second-order valence-electron chi connectivity index (χ2n) is 4.99. The molecule has 1 aromatic heterocycles. The summed E-state index contributed by atoms with van der Waals surface area (Å²) in [7, 11) is 1.97. The van der Waals surface area contributed by atoms with Crippen molar-refractivity contribution < 1.29 is 0 Å². The molecule has 94 valence electrons. The van der Waals surface area contributed by atoms with E-state index < -0.39 is 0 Å². The molecule has 1 fully saturated rings. The monoisotopic (exact) mass is 236 g/mol. The Hall–Kier alpha value is -1.52. The summed E-state index contributed by atoms with van der Waals surface area (Å²) in [5, 5.41) is 0. The molecule has 0 spiro atoms. The highest BCUT2D eigenvalue weighted by atomic mass is 16.1. The van der Waals surface area contributed by atoms with Gasteiger partial charge in [-0.25, -0.2) is 4.98 Å². The Morgan fingerprint density at radius 3 is 2.71 bits per heavy atom. The molecule has 0 radical (unpaired) electrons. The van der Waals surface area contributed by atoms with Gasteiger partial charge in [-0.1, -0.05) is 6.92 Å². The molecule has 0 saturated heterocycles. The van der Waals surface area contributed by atoms with Crippen LogP contribution in [0, 0.1) is 5.92 Å². The van der Waals surface area contributed by atoms with E-state index in [2.05, 4.69) is 21.8 Å². The fourth-order valence-corrected chi connectivity index (χ4v) is 2.48. The van der Waals surface area contributed by atoms with Crippen LogP contribution < -0.4 is 16.2 Å². The first kappa shape index (κ1) is 12.0. The molecule has 0 unspecified atom stereocenters. The lowest BCUT2D eigenvalue weighted by Gasteiger charge is -2.34. The molecule has 17 heavy (non-hydrogen) atoms. The van der Waals surface area contributed by atoms with E-state index in [1.807, 2.05) is 7.05 Å². The van der Waals surface area contributed by atoms with Crippen LogP contribution in [0.4, 0.5) is 11.5 Å². The van der Waals surface area contributed by atoms with E-state index in [0.29, 0.717) is 11.9 Å². The van der Waals surface area contributed by atoms with E-state index in [4.69, 9.17) is 5.73 Å². The lowest BCUT2D eigenvalue weighted by atomic mass is 9.87. The summed E-state index contributed by atoms with van der Waals surface area (Å²) in [5.41, 5.74) is 5.73. The van der Waals surface area contributed by atoms with Crippen LogP contribution in [0.1, 0.15) is 32.6 Å². The van der Waals surface area contributed by atoms with Crippen molar-refractivity contribution in [3.63, 3.8) is 0 Å². The number of nitrogens with one attached hydrogen (secondary N) is 1. The minimum Gasteiger partial charge on any atom is -0.391 e. The van der Waals surface area contributed by atoms with Crippen LogP contribution in [0.2, 0.25) is 0 Å². The zero-order valence-corrected chi connectivity index (χ0v) is 10.4. The van der Waals surface area contributed by atoms with Crippen molar-refractivity contribution in [2.24, 2.45) is 5.92 Å². The lowest BCUT2D eigenvalue weighted by Crippen LogP contribution is -2.36. The summed E-state index contributed by atoms with van der Waals surface area (Å²) < 4.78 is 0. The molecule has 1 aromatic rings. The van der Waals surface area contributed by atoms with Gasteiger partial charge in [0.05, 0.1) is 6.33 Å². The van der Waals surface area contributed by atoms with Gasteiger partial charge in [-0.15, -0.1) is 0 Å².